The molecule has 0 bridgehead atoms. The molecule has 0 saturated carbocycles. The average molecular weight is 281 g/mol. The highest BCUT2D eigenvalue weighted by molar-refractivity contribution is 7.07. The molecular weight excluding hydrogens is 268 g/mol. The van der Waals surface area contributed by atoms with Gasteiger partial charge in [-0.1, -0.05) is 11.6 Å². The number of nitrogens with two attached hydrogens (primary N) is 1. The molecule has 0 radical (unpaired) electrons. The Labute approximate surface area is 115 Å². The molecule has 0 aliphatic heterocycles. The summed E-state index contributed by atoms with van der Waals surface area (Å²) < 4.78 is 0. The normalized spacial score (nSPS) is 10.3. The van der Waals surface area contributed by atoms with Gasteiger partial charge in [0, 0.05) is 19.2 Å². The number of thiophene rings is 1. The molecule has 0 aliphatic carbocycles. The number of hydrogen-bond acceptors (Lipinski definition) is 3. The minimum Gasteiger partial charge on any atom is -0.398 e. The number of halogens is 1. The number of nitrogens with zero attached hydrogens (tertiary/aromatic N) is 1. The molecule has 94 valence electrons. The lowest BCUT2D eigenvalue weighted by atomic mass is 10.1. The molecule has 1 aromatic heterocycles. The van der Waals surface area contributed by atoms with Gasteiger partial charge in [0.2, 0.25) is 0 Å². The molecule has 2 N–H and O–H groups in total. The maximum Gasteiger partial charge on any atom is 0.253 e. The number of hydrogen-bond donors (Lipinski definition) is 1. The van der Waals surface area contributed by atoms with E-state index in [1.165, 1.54) is 0 Å². The van der Waals surface area contributed by atoms with Gasteiger partial charge in [-0.15, -0.1) is 0 Å². The van der Waals surface area contributed by atoms with Crippen LogP contribution in [0.5, 0.6) is 0 Å². The zero-order valence-electron chi connectivity index (χ0n) is 9.89. The third-order valence-corrected chi connectivity index (χ3v) is 3.67. The molecule has 5 heteroatoms. The van der Waals surface area contributed by atoms with Gasteiger partial charge in [-0.2, -0.15) is 11.3 Å². The van der Waals surface area contributed by atoms with Crippen LogP contribution in [0.2, 0.25) is 5.02 Å². The molecular formula is C13H13ClN2OS. The van der Waals surface area contributed by atoms with E-state index in [0.717, 1.165) is 5.56 Å². The first-order valence-corrected chi connectivity index (χ1v) is 6.71. The fraction of sp³-hybridized carbons (Fsp3) is 0.154. The summed E-state index contributed by atoms with van der Waals surface area (Å²) in [6.07, 6.45) is 0. The molecule has 2 aromatic rings. The van der Waals surface area contributed by atoms with E-state index in [9.17, 15) is 4.79 Å². The highest BCUT2D eigenvalue weighted by Gasteiger charge is 2.13. The molecule has 0 unspecified atom stereocenters. The number of carbonyl (C=O) groups excluding carboxylic acids is 1. The largest absolute Gasteiger partial charge is 0.398 e. The molecule has 3 nitrogen and oxygen atoms in total. The van der Waals surface area contributed by atoms with Crippen LogP contribution in [-0.2, 0) is 6.54 Å². The summed E-state index contributed by atoms with van der Waals surface area (Å²) in [6, 6.07) is 6.94. The van der Waals surface area contributed by atoms with Gasteiger partial charge in [0.15, 0.2) is 0 Å². The van der Waals surface area contributed by atoms with Crippen LogP contribution in [0.15, 0.2) is 35.0 Å². The van der Waals surface area contributed by atoms with Crippen molar-refractivity contribution in [1.82, 2.24) is 4.90 Å². The summed E-state index contributed by atoms with van der Waals surface area (Å²) in [5.41, 5.74) is 7.79. The van der Waals surface area contributed by atoms with E-state index in [1.54, 1.807) is 41.5 Å². The lowest BCUT2D eigenvalue weighted by molar-refractivity contribution is 0.0785. The van der Waals surface area contributed by atoms with Crippen molar-refractivity contribution in [2.45, 2.75) is 6.54 Å². The van der Waals surface area contributed by atoms with E-state index >= 15 is 0 Å². The lowest BCUT2D eigenvalue weighted by Gasteiger charge is -2.16. The Balaban J connectivity index is 2.12. The second-order valence-electron chi connectivity index (χ2n) is 4.03. The van der Waals surface area contributed by atoms with Gasteiger partial charge in [0.25, 0.3) is 5.91 Å². The minimum absolute atomic E-state index is 0.0652. The topological polar surface area (TPSA) is 46.3 Å². The summed E-state index contributed by atoms with van der Waals surface area (Å²) in [7, 11) is 1.77. The molecule has 0 spiro atoms. The molecule has 1 aromatic carbocycles. The maximum atomic E-state index is 12.2. The van der Waals surface area contributed by atoms with Crippen molar-refractivity contribution < 1.29 is 4.79 Å². The third kappa shape index (κ3) is 2.83. The van der Waals surface area contributed by atoms with Crippen molar-refractivity contribution in [3.8, 4) is 0 Å². The summed E-state index contributed by atoms with van der Waals surface area (Å²) in [6.45, 7) is 0.588. The van der Waals surface area contributed by atoms with E-state index in [-0.39, 0.29) is 5.91 Å². The van der Waals surface area contributed by atoms with E-state index in [0.29, 0.717) is 22.8 Å². The molecule has 0 atom stereocenters. The first-order valence-electron chi connectivity index (χ1n) is 5.39. The van der Waals surface area contributed by atoms with Gasteiger partial charge in [0.05, 0.1) is 10.7 Å². The number of benzene rings is 1. The Kier molecular flexibility index (Phi) is 3.89. The van der Waals surface area contributed by atoms with Gasteiger partial charge < -0.3 is 10.6 Å². The first kappa shape index (κ1) is 12.9. The third-order valence-electron chi connectivity index (χ3n) is 2.59. The van der Waals surface area contributed by atoms with Crippen LogP contribution in [0.3, 0.4) is 0 Å². The van der Waals surface area contributed by atoms with Crippen molar-refractivity contribution in [1.29, 1.82) is 0 Å². The molecule has 0 saturated heterocycles. The molecule has 1 heterocycles. The van der Waals surface area contributed by atoms with E-state index in [4.69, 9.17) is 17.3 Å². The van der Waals surface area contributed by atoms with Crippen LogP contribution in [0.25, 0.3) is 0 Å². The first-order chi connectivity index (χ1) is 8.58. The molecule has 0 aliphatic rings. The van der Waals surface area contributed by atoms with Crippen molar-refractivity contribution in [3.63, 3.8) is 0 Å². The second kappa shape index (κ2) is 5.42. The van der Waals surface area contributed by atoms with Crippen LogP contribution in [-0.4, -0.2) is 17.9 Å². The Hall–Kier alpha value is -1.52. The summed E-state index contributed by atoms with van der Waals surface area (Å²) in [5, 5.41) is 4.49. The lowest BCUT2D eigenvalue weighted by Crippen LogP contribution is -2.26. The monoisotopic (exact) mass is 280 g/mol. The van der Waals surface area contributed by atoms with E-state index in [2.05, 4.69) is 0 Å². The zero-order valence-corrected chi connectivity index (χ0v) is 11.5. The fourth-order valence-electron chi connectivity index (χ4n) is 1.63. The molecule has 2 rings (SSSR count). The molecule has 18 heavy (non-hydrogen) atoms. The fourth-order valence-corrected chi connectivity index (χ4v) is 2.40. The number of carbonyl (C=O) groups is 1. The number of rotatable bonds is 3. The van der Waals surface area contributed by atoms with Crippen LogP contribution in [0, 0.1) is 0 Å². The summed E-state index contributed by atoms with van der Waals surface area (Å²) >= 11 is 7.45. The smallest absolute Gasteiger partial charge is 0.253 e. The minimum atomic E-state index is -0.0652. The van der Waals surface area contributed by atoms with Crippen molar-refractivity contribution in [3.05, 3.63) is 51.2 Å². The molecule has 1 amide bonds. The SMILES string of the molecule is CN(Cc1ccsc1)C(=O)c1ccc(Cl)c(N)c1. The number of anilines is 1. The van der Waals surface area contributed by atoms with Crippen LogP contribution < -0.4 is 5.73 Å². The van der Waals surface area contributed by atoms with Gasteiger partial charge in [0.1, 0.15) is 0 Å². The number of nitrogen functional groups attached to an aromatic ring is 1. The second-order valence-corrected chi connectivity index (χ2v) is 5.22. The van der Waals surface area contributed by atoms with Gasteiger partial charge in [-0.3, -0.25) is 4.79 Å². The maximum absolute atomic E-state index is 12.2. The predicted molar refractivity (Wildman–Crippen MR) is 76.0 cm³/mol. The Bertz CT molecular complexity index is 554. The molecule has 0 fully saturated rings. The van der Waals surface area contributed by atoms with Crippen molar-refractivity contribution in [2.24, 2.45) is 0 Å². The average Bonchev–Trinajstić information content (AvgIpc) is 2.84. The predicted octanol–water partition coefficient (Wildman–Crippen LogP) is 3.26. The summed E-state index contributed by atoms with van der Waals surface area (Å²) in [4.78, 5) is 13.8. The van der Waals surface area contributed by atoms with Crippen molar-refractivity contribution in [2.75, 3.05) is 12.8 Å². The Morgan fingerprint density at radius 3 is 2.83 bits per heavy atom. The highest BCUT2D eigenvalue weighted by atomic mass is 35.5. The highest BCUT2D eigenvalue weighted by Crippen LogP contribution is 2.20. The van der Waals surface area contributed by atoms with E-state index in [1.807, 2.05) is 16.8 Å². The van der Waals surface area contributed by atoms with Crippen molar-refractivity contribution >= 4 is 34.5 Å². The van der Waals surface area contributed by atoms with Crippen LogP contribution in [0.1, 0.15) is 15.9 Å². The van der Waals surface area contributed by atoms with Crippen LogP contribution in [0.4, 0.5) is 5.69 Å². The van der Waals surface area contributed by atoms with E-state index < -0.39 is 0 Å². The van der Waals surface area contributed by atoms with Gasteiger partial charge in [-0.25, -0.2) is 0 Å². The Morgan fingerprint density at radius 2 is 2.22 bits per heavy atom. The standard InChI is InChI=1S/C13H13ClN2OS/c1-16(7-9-4-5-18-8-9)13(17)10-2-3-11(14)12(15)6-10/h2-6,8H,7,15H2,1H3. The summed E-state index contributed by atoms with van der Waals surface area (Å²) in [5.74, 6) is -0.0652. The van der Waals surface area contributed by atoms with Gasteiger partial charge in [-0.05, 0) is 40.6 Å². The number of amides is 1. The van der Waals surface area contributed by atoms with Gasteiger partial charge >= 0.3 is 0 Å². The quantitative estimate of drug-likeness (QED) is 0.877. The zero-order chi connectivity index (χ0) is 13.1. The van der Waals surface area contributed by atoms with Crippen LogP contribution >= 0.6 is 22.9 Å². The Morgan fingerprint density at radius 1 is 1.44 bits per heavy atom.